The molecular formula is C26H32N2O3S. The Bertz CT molecular complexity index is 1120. The fourth-order valence-electron chi connectivity index (χ4n) is 4.16. The summed E-state index contributed by atoms with van der Waals surface area (Å²) in [4.78, 5) is 5.01. The molecule has 0 bridgehead atoms. The van der Waals surface area contributed by atoms with Gasteiger partial charge in [-0.15, -0.1) is 0 Å². The minimum absolute atomic E-state index is 0.200. The highest BCUT2D eigenvalue weighted by atomic mass is 32.2. The third kappa shape index (κ3) is 4.81. The number of hydrogen-bond acceptors (Lipinski definition) is 4. The summed E-state index contributed by atoms with van der Waals surface area (Å²) in [6, 6.07) is 13.3. The smallest absolute Gasteiger partial charge is 0.264 e. The van der Waals surface area contributed by atoms with E-state index in [1.807, 2.05) is 44.2 Å². The molecule has 1 saturated heterocycles. The lowest BCUT2D eigenvalue weighted by atomic mass is 10.0. The number of rotatable bonds is 7. The molecule has 32 heavy (non-hydrogen) atoms. The van der Waals surface area contributed by atoms with Gasteiger partial charge in [0.2, 0.25) is 0 Å². The van der Waals surface area contributed by atoms with Crippen molar-refractivity contribution in [2.75, 3.05) is 24.1 Å². The van der Waals surface area contributed by atoms with Crippen molar-refractivity contribution in [3.05, 3.63) is 70.8 Å². The standard InChI is InChI=1S/C26H32N2O3S/c1-4-20-5-7-23(8-6-20)28(18-19(2)3)32(29,30)24-9-10-25-22(16-24)17-27-26(25)15-21-11-13-31-14-12-21/h5-10,15-16,19H,4,11-14,17-18H2,1-3H3. The quantitative estimate of drug-likeness (QED) is 0.584. The van der Waals surface area contributed by atoms with Crippen LogP contribution in [-0.2, 0) is 27.7 Å². The largest absolute Gasteiger partial charge is 0.381 e. The van der Waals surface area contributed by atoms with E-state index in [1.165, 1.54) is 11.1 Å². The van der Waals surface area contributed by atoms with E-state index in [0.717, 1.165) is 49.3 Å². The van der Waals surface area contributed by atoms with E-state index >= 15 is 0 Å². The topological polar surface area (TPSA) is 59.0 Å². The van der Waals surface area contributed by atoms with Crippen LogP contribution in [0, 0.1) is 5.92 Å². The van der Waals surface area contributed by atoms with Crippen molar-refractivity contribution in [2.45, 2.75) is 51.5 Å². The second-order valence-corrected chi connectivity index (χ2v) is 10.7. The first-order valence-electron chi connectivity index (χ1n) is 11.4. The van der Waals surface area contributed by atoms with Crippen LogP contribution in [0.5, 0.6) is 0 Å². The third-order valence-electron chi connectivity index (χ3n) is 6.00. The predicted molar refractivity (Wildman–Crippen MR) is 130 cm³/mol. The zero-order chi connectivity index (χ0) is 22.7. The molecule has 0 unspecified atom stereocenters. The number of anilines is 1. The van der Waals surface area contributed by atoms with Crippen LogP contribution in [0.1, 0.15) is 50.3 Å². The van der Waals surface area contributed by atoms with Crippen LogP contribution in [0.2, 0.25) is 0 Å². The second-order valence-electron chi connectivity index (χ2n) is 8.89. The Kier molecular flexibility index (Phi) is 6.82. The first kappa shape index (κ1) is 22.7. The van der Waals surface area contributed by atoms with Crippen molar-refractivity contribution in [1.29, 1.82) is 0 Å². The molecule has 0 aromatic heterocycles. The van der Waals surface area contributed by atoms with Gasteiger partial charge < -0.3 is 4.74 Å². The van der Waals surface area contributed by atoms with Crippen LogP contribution < -0.4 is 4.31 Å². The van der Waals surface area contributed by atoms with Crippen molar-refractivity contribution in [3.8, 4) is 0 Å². The van der Waals surface area contributed by atoms with Gasteiger partial charge in [0, 0.05) is 12.1 Å². The van der Waals surface area contributed by atoms with E-state index in [-0.39, 0.29) is 5.92 Å². The lowest BCUT2D eigenvalue weighted by Gasteiger charge is -2.26. The van der Waals surface area contributed by atoms with E-state index in [2.05, 4.69) is 18.0 Å². The van der Waals surface area contributed by atoms with E-state index in [9.17, 15) is 8.42 Å². The van der Waals surface area contributed by atoms with Crippen molar-refractivity contribution < 1.29 is 13.2 Å². The van der Waals surface area contributed by atoms with Crippen molar-refractivity contribution in [1.82, 2.24) is 0 Å². The number of aliphatic imine (C=N–C) groups is 1. The minimum atomic E-state index is -3.68. The third-order valence-corrected chi connectivity index (χ3v) is 7.79. The molecule has 0 saturated carbocycles. The molecular weight excluding hydrogens is 420 g/mol. The molecule has 1 fully saturated rings. The van der Waals surface area contributed by atoms with E-state index < -0.39 is 10.0 Å². The van der Waals surface area contributed by atoms with Gasteiger partial charge in [0.05, 0.1) is 36.1 Å². The van der Waals surface area contributed by atoms with Gasteiger partial charge in [-0.25, -0.2) is 8.42 Å². The maximum atomic E-state index is 13.7. The summed E-state index contributed by atoms with van der Waals surface area (Å²) >= 11 is 0. The number of sulfonamides is 1. The number of benzene rings is 2. The molecule has 2 heterocycles. The average molecular weight is 453 g/mol. The van der Waals surface area contributed by atoms with Crippen molar-refractivity contribution in [2.24, 2.45) is 10.9 Å². The molecule has 0 amide bonds. The van der Waals surface area contributed by atoms with Crippen LogP contribution in [0.3, 0.4) is 0 Å². The lowest BCUT2D eigenvalue weighted by molar-refractivity contribution is 0.119. The van der Waals surface area contributed by atoms with Gasteiger partial charge in [-0.3, -0.25) is 9.30 Å². The average Bonchev–Trinajstić information content (AvgIpc) is 3.20. The number of nitrogens with zero attached hydrogens (tertiary/aromatic N) is 2. The summed E-state index contributed by atoms with van der Waals surface area (Å²) in [6.07, 6.45) is 4.94. The Morgan fingerprint density at radius 2 is 1.81 bits per heavy atom. The molecule has 0 spiro atoms. The van der Waals surface area contributed by atoms with Gasteiger partial charge in [0.1, 0.15) is 0 Å². The first-order chi connectivity index (χ1) is 15.4. The highest BCUT2D eigenvalue weighted by molar-refractivity contribution is 7.92. The predicted octanol–water partition coefficient (Wildman–Crippen LogP) is 5.14. The normalized spacial score (nSPS) is 16.1. The summed E-state index contributed by atoms with van der Waals surface area (Å²) < 4.78 is 34.3. The van der Waals surface area contributed by atoms with Gasteiger partial charge in [0.25, 0.3) is 10.0 Å². The van der Waals surface area contributed by atoms with Crippen LogP contribution in [0.15, 0.2) is 64.0 Å². The fourth-order valence-corrected chi connectivity index (χ4v) is 5.84. The molecule has 0 N–H and O–H groups in total. The molecule has 0 aliphatic carbocycles. The maximum absolute atomic E-state index is 13.7. The molecule has 4 rings (SSSR count). The van der Waals surface area contributed by atoms with E-state index in [0.29, 0.717) is 23.7 Å². The Morgan fingerprint density at radius 1 is 1.09 bits per heavy atom. The van der Waals surface area contributed by atoms with Gasteiger partial charge in [-0.1, -0.05) is 44.5 Å². The van der Waals surface area contributed by atoms with Gasteiger partial charge in [0.15, 0.2) is 0 Å². The monoisotopic (exact) mass is 452 g/mol. The number of aryl methyl sites for hydroxylation is 1. The van der Waals surface area contributed by atoms with Crippen LogP contribution in [-0.4, -0.2) is 33.9 Å². The van der Waals surface area contributed by atoms with Crippen LogP contribution in [0.4, 0.5) is 5.69 Å². The fraction of sp³-hybridized carbons (Fsp3) is 0.423. The van der Waals surface area contributed by atoms with Gasteiger partial charge in [-0.05, 0) is 66.6 Å². The van der Waals surface area contributed by atoms with Gasteiger partial charge >= 0.3 is 0 Å². The summed E-state index contributed by atoms with van der Waals surface area (Å²) in [5, 5.41) is 0. The minimum Gasteiger partial charge on any atom is -0.381 e. The Balaban J connectivity index is 1.64. The number of allylic oxidation sites excluding steroid dienone is 1. The molecule has 170 valence electrons. The highest BCUT2D eigenvalue weighted by Gasteiger charge is 2.27. The van der Waals surface area contributed by atoms with Crippen LogP contribution in [0.25, 0.3) is 0 Å². The zero-order valence-corrected chi connectivity index (χ0v) is 20.0. The number of fused-ring (bicyclic) bond motifs is 1. The summed E-state index contributed by atoms with van der Waals surface area (Å²) in [7, 11) is -3.68. The molecule has 0 atom stereocenters. The summed E-state index contributed by atoms with van der Waals surface area (Å²) in [5.41, 5.74) is 6.20. The molecule has 5 nitrogen and oxygen atoms in total. The maximum Gasteiger partial charge on any atom is 0.264 e. The second kappa shape index (κ2) is 9.59. The molecule has 2 aromatic rings. The van der Waals surface area contributed by atoms with Gasteiger partial charge in [-0.2, -0.15) is 0 Å². The summed E-state index contributed by atoms with van der Waals surface area (Å²) in [5.74, 6) is 0.200. The Morgan fingerprint density at radius 3 is 2.47 bits per heavy atom. The summed E-state index contributed by atoms with van der Waals surface area (Å²) in [6.45, 7) is 8.63. The molecule has 2 aromatic carbocycles. The Hall–Kier alpha value is -2.44. The SMILES string of the molecule is CCc1ccc(N(CC(C)C)S(=O)(=O)c2ccc3c(c2)CN=C3C=C2CCOCC2)cc1. The van der Waals surface area contributed by atoms with Crippen molar-refractivity contribution in [3.63, 3.8) is 0 Å². The van der Waals surface area contributed by atoms with E-state index in [1.54, 1.807) is 16.4 Å². The number of hydrogen-bond donors (Lipinski definition) is 0. The Labute approximate surface area is 191 Å². The zero-order valence-electron chi connectivity index (χ0n) is 19.2. The highest BCUT2D eigenvalue weighted by Crippen LogP contribution is 2.29. The van der Waals surface area contributed by atoms with Crippen LogP contribution >= 0.6 is 0 Å². The molecule has 2 aliphatic rings. The van der Waals surface area contributed by atoms with Crippen molar-refractivity contribution >= 4 is 21.4 Å². The molecule has 6 heteroatoms. The molecule has 2 aliphatic heterocycles. The van der Waals surface area contributed by atoms with E-state index in [4.69, 9.17) is 4.74 Å². The number of ether oxygens (including phenoxy) is 1. The lowest BCUT2D eigenvalue weighted by Crippen LogP contribution is -2.34. The molecule has 0 radical (unpaired) electrons. The first-order valence-corrected chi connectivity index (χ1v) is 12.9.